The van der Waals surface area contributed by atoms with Gasteiger partial charge in [0.15, 0.2) is 5.78 Å². The molecule has 0 aliphatic heterocycles. The first-order valence-electron chi connectivity index (χ1n) is 2.89. The van der Waals surface area contributed by atoms with Gasteiger partial charge in [-0.3, -0.25) is 4.79 Å². The van der Waals surface area contributed by atoms with Crippen LogP contribution in [0.15, 0.2) is 0 Å². The first-order chi connectivity index (χ1) is 3.72. The van der Waals surface area contributed by atoms with Gasteiger partial charge >= 0.3 is 0 Å². The largest absolute Gasteiger partial charge is 0.298 e. The van der Waals surface area contributed by atoms with Crippen molar-refractivity contribution >= 4 is 17.4 Å². The summed E-state index contributed by atoms with van der Waals surface area (Å²) in [5.74, 6) is 0.550. The molecule has 1 aliphatic rings. The van der Waals surface area contributed by atoms with Crippen molar-refractivity contribution in [1.82, 2.24) is 0 Å². The van der Waals surface area contributed by atoms with E-state index >= 15 is 0 Å². The molecule has 0 bridgehead atoms. The van der Waals surface area contributed by atoms with Crippen molar-refractivity contribution in [3.63, 3.8) is 0 Å². The van der Waals surface area contributed by atoms with Crippen LogP contribution >= 0.6 is 11.6 Å². The lowest BCUT2D eigenvalue weighted by molar-refractivity contribution is -0.119. The minimum atomic E-state index is -0.262. The van der Waals surface area contributed by atoms with Gasteiger partial charge < -0.3 is 0 Å². The fourth-order valence-electron chi connectivity index (χ4n) is 0.693. The van der Waals surface area contributed by atoms with Gasteiger partial charge in [-0.15, -0.1) is 11.6 Å². The Labute approximate surface area is 54.0 Å². The van der Waals surface area contributed by atoms with Gasteiger partial charge in [-0.1, -0.05) is 0 Å². The van der Waals surface area contributed by atoms with E-state index in [4.69, 9.17) is 11.6 Å². The van der Waals surface area contributed by atoms with Crippen LogP contribution in [0, 0.1) is 5.92 Å². The molecule has 0 aromatic heterocycles. The molecule has 1 atom stereocenters. The van der Waals surface area contributed by atoms with E-state index in [2.05, 4.69) is 0 Å². The van der Waals surface area contributed by atoms with Crippen LogP contribution in [0.1, 0.15) is 19.8 Å². The van der Waals surface area contributed by atoms with E-state index in [0.717, 1.165) is 12.8 Å². The standard InChI is InChI=1S/C6H9ClO/c1-4(7)6(8)5-2-3-5/h4-5H,2-3H2,1H3. The molecule has 0 heterocycles. The summed E-state index contributed by atoms with van der Waals surface area (Å²) < 4.78 is 0. The lowest BCUT2D eigenvalue weighted by Crippen LogP contribution is -2.11. The first-order valence-corrected chi connectivity index (χ1v) is 3.33. The van der Waals surface area contributed by atoms with E-state index in [-0.39, 0.29) is 11.2 Å². The monoisotopic (exact) mass is 132 g/mol. The number of rotatable bonds is 2. The molecule has 0 saturated heterocycles. The van der Waals surface area contributed by atoms with Crippen LogP contribution < -0.4 is 0 Å². The summed E-state index contributed by atoms with van der Waals surface area (Å²) in [6.45, 7) is 1.74. The van der Waals surface area contributed by atoms with Crippen molar-refractivity contribution in [2.75, 3.05) is 0 Å². The Bertz CT molecular complexity index is 101. The average Bonchev–Trinajstić information content (AvgIpc) is 2.43. The minimum Gasteiger partial charge on any atom is -0.298 e. The molecule has 8 heavy (non-hydrogen) atoms. The van der Waals surface area contributed by atoms with E-state index in [1.165, 1.54) is 0 Å². The van der Waals surface area contributed by atoms with Gasteiger partial charge in [0.1, 0.15) is 0 Å². The quantitative estimate of drug-likeness (QED) is 0.522. The summed E-state index contributed by atoms with van der Waals surface area (Å²) in [7, 11) is 0. The Morgan fingerprint density at radius 1 is 1.75 bits per heavy atom. The predicted molar refractivity (Wildman–Crippen MR) is 33.0 cm³/mol. The molecule has 46 valence electrons. The third-order valence-corrected chi connectivity index (χ3v) is 1.59. The van der Waals surface area contributed by atoms with E-state index in [1.54, 1.807) is 6.92 Å². The van der Waals surface area contributed by atoms with Crippen LogP contribution in [0.25, 0.3) is 0 Å². The highest BCUT2D eigenvalue weighted by Gasteiger charge is 2.31. The number of hydrogen-bond acceptors (Lipinski definition) is 1. The summed E-state index contributed by atoms with van der Waals surface area (Å²) in [6.07, 6.45) is 2.13. The number of alkyl halides is 1. The summed E-state index contributed by atoms with van der Waals surface area (Å²) in [4.78, 5) is 10.8. The Kier molecular flexibility index (Phi) is 1.57. The summed E-state index contributed by atoms with van der Waals surface area (Å²) in [5, 5.41) is -0.262. The third kappa shape index (κ3) is 1.22. The first kappa shape index (κ1) is 6.09. The highest BCUT2D eigenvalue weighted by molar-refractivity contribution is 6.31. The maximum Gasteiger partial charge on any atom is 0.153 e. The van der Waals surface area contributed by atoms with Gasteiger partial charge in [0.25, 0.3) is 0 Å². The molecule has 0 N–H and O–H groups in total. The predicted octanol–water partition coefficient (Wildman–Crippen LogP) is 1.59. The number of ketones is 1. The minimum absolute atomic E-state index is 0.228. The van der Waals surface area contributed by atoms with Crippen molar-refractivity contribution in [3.8, 4) is 0 Å². The molecule has 1 unspecified atom stereocenters. The second kappa shape index (κ2) is 2.06. The molecule has 1 fully saturated rings. The molecule has 2 heteroatoms. The van der Waals surface area contributed by atoms with E-state index in [0.29, 0.717) is 5.92 Å². The molecule has 1 saturated carbocycles. The van der Waals surface area contributed by atoms with Crippen LogP contribution in [0.4, 0.5) is 0 Å². The highest BCUT2D eigenvalue weighted by atomic mass is 35.5. The molecule has 1 rings (SSSR count). The zero-order valence-corrected chi connectivity index (χ0v) is 5.61. The average molecular weight is 133 g/mol. The Morgan fingerprint density at radius 2 is 2.25 bits per heavy atom. The second-order valence-corrected chi connectivity index (χ2v) is 2.95. The van der Waals surface area contributed by atoms with Crippen LogP contribution in [-0.2, 0) is 4.79 Å². The number of carbonyl (C=O) groups excluding carboxylic acids is 1. The van der Waals surface area contributed by atoms with Crippen LogP contribution in [0.2, 0.25) is 0 Å². The van der Waals surface area contributed by atoms with Crippen LogP contribution in [-0.4, -0.2) is 11.2 Å². The van der Waals surface area contributed by atoms with Gasteiger partial charge in [-0.05, 0) is 19.8 Å². The molecule has 0 radical (unpaired) electrons. The fraction of sp³-hybridized carbons (Fsp3) is 0.833. The van der Waals surface area contributed by atoms with Crippen LogP contribution in [0.5, 0.6) is 0 Å². The summed E-state index contributed by atoms with van der Waals surface area (Å²) >= 11 is 5.51. The van der Waals surface area contributed by atoms with Gasteiger partial charge in [-0.25, -0.2) is 0 Å². The van der Waals surface area contributed by atoms with Gasteiger partial charge in [0.2, 0.25) is 0 Å². The molecule has 1 nitrogen and oxygen atoms in total. The van der Waals surface area contributed by atoms with Crippen molar-refractivity contribution in [2.24, 2.45) is 5.92 Å². The highest BCUT2D eigenvalue weighted by Crippen LogP contribution is 2.31. The molecular formula is C6H9ClO. The van der Waals surface area contributed by atoms with Gasteiger partial charge in [0, 0.05) is 5.92 Å². The lowest BCUT2D eigenvalue weighted by atomic mass is 10.2. The molecule has 1 aliphatic carbocycles. The van der Waals surface area contributed by atoms with Crippen molar-refractivity contribution in [2.45, 2.75) is 25.1 Å². The lowest BCUT2D eigenvalue weighted by Gasteiger charge is -1.95. The second-order valence-electron chi connectivity index (χ2n) is 2.29. The van der Waals surface area contributed by atoms with E-state index < -0.39 is 0 Å². The zero-order valence-electron chi connectivity index (χ0n) is 4.86. The Morgan fingerprint density at radius 3 is 2.38 bits per heavy atom. The molecule has 0 aromatic rings. The Hall–Kier alpha value is -0.0400. The van der Waals surface area contributed by atoms with E-state index in [9.17, 15) is 4.79 Å². The molecule has 0 aromatic carbocycles. The van der Waals surface area contributed by atoms with Crippen molar-refractivity contribution in [3.05, 3.63) is 0 Å². The van der Waals surface area contributed by atoms with Gasteiger partial charge in [-0.2, -0.15) is 0 Å². The number of Topliss-reactive ketones (excluding diaryl/α,β-unsaturated/α-hetero) is 1. The topological polar surface area (TPSA) is 17.1 Å². The fourth-order valence-corrected chi connectivity index (χ4v) is 0.871. The normalized spacial score (nSPS) is 22.8. The number of carbonyl (C=O) groups is 1. The number of hydrogen-bond donors (Lipinski definition) is 0. The SMILES string of the molecule is CC(Cl)C(=O)C1CC1. The Balaban J connectivity index is 2.33. The van der Waals surface area contributed by atoms with Crippen LogP contribution in [0.3, 0.4) is 0 Å². The number of halogens is 1. The third-order valence-electron chi connectivity index (χ3n) is 1.37. The van der Waals surface area contributed by atoms with E-state index in [1.807, 2.05) is 0 Å². The molecular weight excluding hydrogens is 124 g/mol. The summed E-state index contributed by atoms with van der Waals surface area (Å²) in [6, 6.07) is 0. The smallest absolute Gasteiger partial charge is 0.153 e. The van der Waals surface area contributed by atoms with Gasteiger partial charge in [0.05, 0.1) is 5.38 Å². The maximum atomic E-state index is 10.8. The summed E-state index contributed by atoms with van der Waals surface area (Å²) in [5.41, 5.74) is 0. The van der Waals surface area contributed by atoms with Crippen molar-refractivity contribution in [1.29, 1.82) is 0 Å². The molecule has 0 amide bonds. The van der Waals surface area contributed by atoms with Crippen molar-refractivity contribution < 1.29 is 4.79 Å². The zero-order chi connectivity index (χ0) is 6.15. The molecule has 0 spiro atoms. The maximum absolute atomic E-state index is 10.8.